The maximum atomic E-state index is 15.0. The molecule has 3 aromatic rings. The lowest BCUT2D eigenvalue weighted by molar-refractivity contribution is -0.352. The Bertz CT molecular complexity index is 1360. The zero-order valence-corrected chi connectivity index (χ0v) is 25.0. The molecule has 44 heavy (non-hydrogen) atoms. The Hall–Kier alpha value is -3.24. The van der Waals surface area contributed by atoms with E-state index in [1.165, 1.54) is 36.4 Å². The first-order valence-corrected chi connectivity index (χ1v) is 15.2. The fourth-order valence-electron chi connectivity index (χ4n) is 5.02. The molecule has 3 aromatic carbocycles. The van der Waals surface area contributed by atoms with Gasteiger partial charge in [0.2, 0.25) is 11.6 Å². The van der Waals surface area contributed by atoms with Gasteiger partial charge in [-0.15, -0.1) is 0 Å². The van der Waals surface area contributed by atoms with Crippen molar-refractivity contribution in [1.29, 1.82) is 0 Å². The standard InChI is InChI=1S/C34H38F6O4/c1-3-5-7-9-19-41-27-17-15-25(29(35)31(27)37)23-11-13-24(14-12-23)26-16-18-28(32(38)30(26)36)44-34(39,40)33-42-20-22(21-43-33)10-8-6-4-2/h11-18,22,33H,3-10,19-21H2,1-2H3. The number of alkyl halides is 2. The lowest BCUT2D eigenvalue weighted by Crippen LogP contribution is -2.47. The summed E-state index contributed by atoms with van der Waals surface area (Å²) in [4.78, 5) is 0. The lowest BCUT2D eigenvalue weighted by atomic mass is 9.99. The van der Waals surface area contributed by atoms with Gasteiger partial charge in [0.05, 0.1) is 19.8 Å². The molecule has 0 saturated carbocycles. The highest BCUT2D eigenvalue weighted by atomic mass is 19.3. The van der Waals surface area contributed by atoms with Crippen molar-refractivity contribution in [2.24, 2.45) is 5.92 Å². The zero-order chi connectivity index (χ0) is 31.7. The van der Waals surface area contributed by atoms with Crippen molar-refractivity contribution >= 4 is 0 Å². The van der Waals surface area contributed by atoms with Gasteiger partial charge in [-0.1, -0.05) is 76.6 Å². The van der Waals surface area contributed by atoms with Crippen LogP contribution in [0, 0.1) is 29.2 Å². The van der Waals surface area contributed by atoms with E-state index in [2.05, 4.69) is 18.6 Å². The van der Waals surface area contributed by atoms with Crippen molar-refractivity contribution in [3.05, 3.63) is 71.8 Å². The van der Waals surface area contributed by atoms with Crippen molar-refractivity contribution in [1.82, 2.24) is 0 Å². The zero-order valence-electron chi connectivity index (χ0n) is 25.0. The Morgan fingerprint density at radius 1 is 0.659 bits per heavy atom. The van der Waals surface area contributed by atoms with Gasteiger partial charge in [0.25, 0.3) is 6.29 Å². The second-order valence-corrected chi connectivity index (χ2v) is 11.0. The van der Waals surface area contributed by atoms with Gasteiger partial charge in [-0.3, -0.25) is 0 Å². The van der Waals surface area contributed by atoms with E-state index in [1.807, 2.05) is 0 Å². The van der Waals surface area contributed by atoms with Crippen LogP contribution in [-0.4, -0.2) is 32.2 Å². The van der Waals surface area contributed by atoms with Crippen molar-refractivity contribution in [2.75, 3.05) is 19.8 Å². The molecule has 0 spiro atoms. The largest absolute Gasteiger partial charge is 0.490 e. The van der Waals surface area contributed by atoms with Crippen molar-refractivity contribution < 1.29 is 45.3 Å². The number of ether oxygens (including phenoxy) is 4. The quantitative estimate of drug-likeness (QED) is 0.125. The summed E-state index contributed by atoms with van der Waals surface area (Å²) in [6.07, 6.45) is 1.37. The maximum absolute atomic E-state index is 15.0. The normalized spacial score (nSPS) is 17.1. The molecule has 0 atom stereocenters. The van der Waals surface area contributed by atoms with Gasteiger partial charge in [0.15, 0.2) is 23.1 Å². The molecule has 1 saturated heterocycles. The second-order valence-electron chi connectivity index (χ2n) is 11.0. The van der Waals surface area contributed by atoms with Crippen LogP contribution < -0.4 is 9.47 Å². The topological polar surface area (TPSA) is 36.9 Å². The lowest BCUT2D eigenvalue weighted by Gasteiger charge is -2.33. The SMILES string of the molecule is CCCCCCOc1ccc(-c2ccc(-c3ccc(OC(F)(F)C4OCC(CCCCC)CO4)c(F)c3F)cc2)c(F)c1F. The number of halogens is 6. The molecule has 1 fully saturated rings. The first kappa shape index (κ1) is 33.6. The Labute approximate surface area is 254 Å². The third-order valence-corrected chi connectivity index (χ3v) is 7.56. The molecular formula is C34H38F6O4. The average molecular weight is 625 g/mol. The highest BCUT2D eigenvalue weighted by Crippen LogP contribution is 2.37. The molecule has 240 valence electrons. The third kappa shape index (κ3) is 8.27. The van der Waals surface area contributed by atoms with Crippen molar-refractivity contribution in [2.45, 2.75) is 77.6 Å². The fourth-order valence-corrected chi connectivity index (χ4v) is 5.02. The number of benzene rings is 3. The van der Waals surface area contributed by atoms with Crippen LogP contribution >= 0.6 is 0 Å². The summed E-state index contributed by atoms with van der Waals surface area (Å²) in [5.41, 5.74) is 0.206. The number of hydrogen-bond acceptors (Lipinski definition) is 4. The molecule has 0 radical (unpaired) electrons. The molecule has 4 nitrogen and oxygen atoms in total. The van der Waals surface area contributed by atoms with Gasteiger partial charge in [-0.25, -0.2) is 8.78 Å². The van der Waals surface area contributed by atoms with Gasteiger partial charge in [0, 0.05) is 17.0 Å². The first-order valence-electron chi connectivity index (χ1n) is 15.2. The molecule has 10 heteroatoms. The van der Waals surface area contributed by atoms with Crippen LogP contribution in [-0.2, 0) is 9.47 Å². The molecule has 0 bridgehead atoms. The van der Waals surface area contributed by atoms with Gasteiger partial charge >= 0.3 is 6.11 Å². The van der Waals surface area contributed by atoms with Crippen LogP contribution in [0.15, 0.2) is 48.5 Å². The highest BCUT2D eigenvalue weighted by molar-refractivity contribution is 5.72. The molecule has 4 rings (SSSR count). The average Bonchev–Trinajstić information content (AvgIpc) is 3.02. The summed E-state index contributed by atoms with van der Waals surface area (Å²) < 4.78 is 109. The van der Waals surface area contributed by atoms with Crippen molar-refractivity contribution in [3.8, 4) is 33.8 Å². The number of rotatable bonds is 15. The molecule has 0 unspecified atom stereocenters. The van der Waals surface area contributed by atoms with E-state index >= 15 is 4.39 Å². The van der Waals surface area contributed by atoms with Crippen LogP contribution in [0.5, 0.6) is 11.5 Å². The van der Waals surface area contributed by atoms with Gasteiger partial charge in [0.1, 0.15) is 0 Å². The summed E-state index contributed by atoms with van der Waals surface area (Å²) in [7, 11) is 0. The summed E-state index contributed by atoms with van der Waals surface area (Å²) in [5.74, 6) is -6.45. The molecule has 0 amide bonds. The van der Waals surface area contributed by atoms with E-state index in [0.29, 0.717) is 5.56 Å². The predicted octanol–water partition coefficient (Wildman–Crippen LogP) is 10.1. The van der Waals surface area contributed by atoms with E-state index in [4.69, 9.17) is 14.2 Å². The third-order valence-electron chi connectivity index (χ3n) is 7.56. The van der Waals surface area contributed by atoms with Crippen LogP contribution in [0.1, 0.15) is 65.2 Å². The summed E-state index contributed by atoms with van der Waals surface area (Å²) in [6, 6.07) is 10.3. The van der Waals surface area contributed by atoms with E-state index in [0.717, 1.165) is 63.5 Å². The Balaban J connectivity index is 1.41. The maximum Gasteiger partial charge on any atom is 0.451 e. The second kappa shape index (κ2) is 15.7. The van der Waals surface area contributed by atoms with Crippen LogP contribution in [0.2, 0.25) is 0 Å². The highest BCUT2D eigenvalue weighted by Gasteiger charge is 2.48. The molecule has 0 aliphatic carbocycles. The van der Waals surface area contributed by atoms with Crippen LogP contribution in [0.4, 0.5) is 26.3 Å². The minimum atomic E-state index is -4.07. The van der Waals surface area contributed by atoms with Crippen molar-refractivity contribution in [3.63, 3.8) is 0 Å². The molecule has 0 N–H and O–H groups in total. The molecular weight excluding hydrogens is 586 g/mol. The van der Waals surface area contributed by atoms with Gasteiger partial charge in [-0.05, 0) is 48.2 Å². The summed E-state index contributed by atoms with van der Waals surface area (Å²) >= 11 is 0. The first-order chi connectivity index (χ1) is 21.2. The summed E-state index contributed by atoms with van der Waals surface area (Å²) in [5, 5.41) is 0. The molecule has 1 heterocycles. The minimum absolute atomic E-state index is 0.0255. The Morgan fingerprint density at radius 2 is 1.18 bits per heavy atom. The molecule has 1 aliphatic heterocycles. The Morgan fingerprint density at radius 3 is 1.75 bits per heavy atom. The number of hydrogen-bond donors (Lipinski definition) is 0. The molecule has 1 aliphatic rings. The molecule has 0 aromatic heterocycles. The van der Waals surface area contributed by atoms with E-state index in [1.54, 1.807) is 0 Å². The predicted molar refractivity (Wildman–Crippen MR) is 156 cm³/mol. The monoisotopic (exact) mass is 624 g/mol. The summed E-state index contributed by atoms with van der Waals surface area (Å²) in [6.45, 7) is 4.50. The number of unbranched alkanes of at least 4 members (excludes halogenated alkanes) is 5. The fraction of sp³-hybridized carbons (Fsp3) is 0.471. The van der Waals surface area contributed by atoms with E-state index in [-0.39, 0.29) is 48.2 Å². The van der Waals surface area contributed by atoms with Crippen LogP contribution in [0.3, 0.4) is 0 Å². The Kier molecular flexibility index (Phi) is 12.0. The minimum Gasteiger partial charge on any atom is -0.490 e. The van der Waals surface area contributed by atoms with E-state index < -0.39 is 41.4 Å². The van der Waals surface area contributed by atoms with E-state index in [9.17, 15) is 22.0 Å². The van der Waals surface area contributed by atoms with Crippen LogP contribution in [0.25, 0.3) is 22.3 Å². The van der Waals surface area contributed by atoms with Gasteiger partial charge < -0.3 is 18.9 Å². The smallest absolute Gasteiger partial charge is 0.451 e. The van der Waals surface area contributed by atoms with Gasteiger partial charge in [-0.2, -0.15) is 17.6 Å².